The molecule has 29 heavy (non-hydrogen) atoms. The highest BCUT2D eigenvalue weighted by Gasteiger charge is 2.34. The second kappa shape index (κ2) is 8.59. The van der Waals surface area contributed by atoms with Gasteiger partial charge in [0.25, 0.3) is 11.6 Å². The minimum atomic E-state index is -4.68. The van der Waals surface area contributed by atoms with Crippen LogP contribution in [-0.4, -0.2) is 30.0 Å². The van der Waals surface area contributed by atoms with Gasteiger partial charge in [-0.2, -0.15) is 13.2 Å². The molecule has 0 radical (unpaired) electrons. The normalized spacial score (nSPS) is 12.0. The van der Waals surface area contributed by atoms with Crippen molar-refractivity contribution in [3.63, 3.8) is 0 Å². The Balaban J connectivity index is 2.14. The first kappa shape index (κ1) is 21.7. The molecule has 11 heteroatoms. The van der Waals surface area contributed by atoms with E-state index in [1.165, 1.54) is 38.2 Å². The van der Waals surface area contributed by atoms with Gasteiger partial charge in [0.15, 0.2) is 6.10 Å². The number of para-hydroxylation sites is 1. The molecule has 0 aliphatic carbocycles. The molecule has 2 N–H and O–H groups in total. The van der Waals surface area contributed by atoms with Crippen molar-refractivity contribution in [1.29, 1.82) is 0 Å². The lowest BCUT2D eigenvalue weighted by Crippen LogP contribution is -2.30. The third kappa shape index (κ3) is 5.21. The van der Waals surface area contributed by atoms with Gasteiger partial charge in [-0.15, -0.1) is 0 Å². The number of ether oxygens (including phenoxy) is 1. The number of esters is 1. The Morgan fingerprint density at radius 3 is 2.38 bits per heavy atom. The molecule has 1 amide bonds. The van der Waals surface area contributed by atoms with Crippen molar-refractivity contribution >= 4 is 28.9 Å². The molecule has 2 aromatic rings. The van der Waals surface area contributed by atoms with Crippen molar-refractivity contribution in [3.05, 3.63) is 63.7 Å². The third-order valence-electron chi connectivity index (χ3n) is 3.84. The van der Waals surface area contributed by atoms with Gasteiger partial charge in [0, 0.05) is 13.1 Å². The Kier molecular flexibility index (Phi) is 6.42. The second-order valence-corrected chi connectivity index (χ2v) is 5.82. The predicted octanol–water partition coefficient (Wildman–Crippen LogP) is 3.84. The Labute approximate surface area is 162 Å². The van der Waals surface area contributed by atoms with Crippen LogP contribution in [0, 0.1) is 10.1 Å². The number of halogens is 3. The van der Waals surface area contributed by atoms with Crippen LogP contribution < -0.4 is 10.6 Å². The summed E-state index contributed by atoms with van der Waals surface area (Å²) in [5, 5.41) is 15.7. The van der Waals surface area contributed by atoms with Crippen molar-refractivity contribution in [2.75, 3.05) is 17.7 Å². The minimum Gasteiger partial charge on any atom is -0.449 e. The summed E-state index contributed by atoms with van der Waals surface area (Å²) in [5.74, 6) is -2.03. The number of benzene rings is 2. The molecule has 0 spiro atoms. The monoisotopic (exact) mass is 411 g/mol. The van der Waals surface area contributed by atoms with E-state index in [1.807, 2.05) is 0 Å². The molecular weight excluding hydrogens is 395 g/mol. The van der Waals surface area contributed by atoms with Crippen LogP contribution in [-0.2, 0) is 15.7 Å². The molecule has 2 aromatic carbocycles. The molecule has 1 unspecified atom stereocenters. The van der Waals surface area contributed by atoms with Gasteiger partial charge in [0.1, 0.15) is 5.69 Å². The number of alkyl halides is 3. The van der Waals surface area contributed by atoms with E-state index in [0.29, 0.717) is 0 Å². The largest absolute Gasteiger partial charge is 0.449 e. The summed E-state index contributed by atoms with van der Waals surface area (Å²) in [6.07, 6.45) is -6.13. The fraction of sp³-hybridized carbons (Fsp3) is 0.222. The van der Waals surface area contributed by atoms with Crippen molar-refractivity contribution < 1.29 is 32.4 Å². The zero-order valence-corrected chi connectivity index (χ0v) is 15.2. The number of nitro benzene ring substituents is 1. The smallest absolute Gasteiger partial charge is 0.418 e. The van der Waals surface area contributed by atoms with Gasteiger partial charge in [-0.3, -0.25) is 14.9 Å². The lowest BCUT2D eigenvalue weighted by Gasteiger charge is -2.17. The maximum atomic E-state index is 13.0. The molecule has 0 aliphatic heterocycles. The molecule has 2 rings (SSSR count). The highest BCUT2D eigenvalue weighted by atomic mass is 19.4. The van der Waals surface area contributed by atoms with E-state index in [1.54, 1.807) is 0 Å². The van der Waals surface area contributed by atoms with Crippen LogP contribution in [0.5, 0.6) is 0 Å². The van der Waals surface area contributed by atoms with Gasteiger partial charge in [-0.25, -0.2) is 4.79 Å². The highest BCUT2D eigenvalue weighted by molar-refractivity contribution is 5.98. The van der Waals surface area contributed by atoms with Crippen LogP contribution in [0.25, 0.3) is 0 Å². The molecule has 154 valence electrons. The quantitative estimate of drug-likeness (QED) is 0.425. The maximum Gasteiger partial charge on any atom is 0.418 e. The highest BCUT2D eigenvalue weighted by Crippen LogP contribution is 2.34. The van der Waals surface area contributed by atoms with E-state index >= 15 is 0 Å². The number of rotatable bonds is 6. The summed E-state index contributed by atoms with van der Waals surface area (Å²) in [5.41, 5.74) is -1.93. The summed E-state index contributed by atoms with van der Waals surface area (Å²) in [6.45, 7) is 1.17. The number of hydrogen-bond donors (Lipinski definition) is 2. The van der Waals surface area contributed by atoms with E-state index in [-0.39, 0.29) is 16.9 Å². The number of nitro groups is 1. The average molecular weight is 411 g/mol. The van der Waals surface area contributed by atoms with Gasteiger partial charge in [-0.1, -0.05) is 12.1 Å². The van der Waals surface area contributed by atoms with Crippen molar-refractivity contribution in [2.24, 2.45) is 0 Å². The van der Waals surface area contributed by atoms with Crippen molar-refractivity contribution in [3.8, 4) is 0 Å². The summed E-state index contributed by atoms with van der Waals surface area (Å²) in [6, 6.07) is 7.86. The van der Waals surface area contributed by atoms with Gasteiger partial charge in [0.2, 0.25) is 0 Å². The Hall–Kier alpha value is -3.63. The Morgan fingerprint density at radius 1 is 1.14 bits per heavy atom. The standard InChI is InChI=1S/C18H16F3N3O5/c1-10(16(25)23-13-6-4-3-5-12(13)18(19,20)21)29-17(26)11-7-8-14(22-2)15(9-11)24(27)28/h3-10,22H,1-2H3,(H,23,25). The van der Waals surface area contributed by atoms with Gasteiger partial charge < -0.3 is 15.4 Å². The van der Waals surface area contributed by atoms with Crippen LogP contribution in [0.15, 0.2) is 42.5 Å². The van der Waals surface area contributed by atoms with E-state index < -0.39 is 40.3 Å². The number of hydrogen-bond acceptors (Lipinski definition) is 6. The summed E-state index contributed by atoms with van der Waals surface area (Å²) < 4.78 is 43.9. The van der Waals surface area contributed by atoms with E-state index in [4.69, 9.17) is 4.74 Å². The Bertz CT molecular complexity index is 947. The van der Waals surface area contributed by atoms with Crippen LogP contribution >= 0.6 is 0 Å². The fourth-order valence-corrected chi connectivity index (χ4v) is 2.38. The summed E-state index contributed by atoms with van der Waals surface area (Å²) in [7, 11) is 1.46. The SMILES string of the molecule is CNc1ccc(C(=O)OC(C)C(=O)Nc2ccccc2C(F)(F)F)cc1[N+](=O)[O-]. The second-order valence-electron chi connectivity index (χ2n) is 5.82. The lowest BCUT2D eigenvalue weighted by atomic mass is 10.1. The first-order chi connectivity index (χ1) is 13.5. The van der Waals surface area contributed by atoms with Crippen LogP contribution in [0.2, 0.25) is 0 Å². The molecule has 0 heterocycles. The van der Waals surface area contributed by atoms with E-state index in [9.17, 15) is 32.9 Å². The maximum absolute atomic E-state index is 13.0. The van der Waals surface area contributed by atoms with E-state index in [0.717, 1.165) is 18.2 Å². The molecular formula is C18H16F3N3O5. The van der Waals surface area contributed by atoms with Gasteiger partial charge in [-0.05, 0) is 31.2 Å². The topological polar surface area (TPSA) is 111 Å². The Morgan fingerprint density at radius 2 is 1.79 bits per heavy atom. The lowest BCUT2D eigenvalue weighted by molar-refractivity contribution is -0.384. The minimum absolute atomic E-state index is 0.168. The first-order valence-corrected chi connectivity index (χ1v) is 8.19. The number of anilines is 2. The fourth-order valence-electron chi connectivity index (χ4n) is 2.38. The predicted molar refractivity (Wildman–Crippen MR) is 97.6 cm³/mol. The van der Waals surface area contributed by atoms with Crippen LogP contribution in [0.1, 0.15) is 22.8 Å². The van der Waals surface area contributed by atoms with Crippen molar-refractivity contribution in [1.82, 2.24) is 0 Å². The van der Waals surface area contributed by atoms with E-state index in [2.05, 4.69) is 10.6 Å². The van der Waals surface area contributed by atoms with Crippen molar-refractivity contribution in [2.45, 2.75) is 19.2 Å². The zero-order valence-electron chi connectivity index (χ0n) is 15.2. The zero-order chi connectivity index (χ0) is 21.8. The molecule has 1 atom stereocenters. The number of nitrogens with one attached hydrogen (secondary N) is 2. The molecule has 8 nitrogen and oxygen atoms in total. The molecule has 0 aromatic heterocycles. The molecule has 0 bridgehead atoms. The number of amides is 1. The summed E-state index contributed by atoms with van der Waals surface area (Å²) in [4.78, 5) is 34.7. The molecule has 0 aliphatic rings. The molecule has 0 saturated heterocycles. The van der Waals surface area contributed by atoms with Gasteiger partial charge >= 0.3 is 12.1 Å². The number of nitrogens with zero attached hydrogens (tertiary/aromatic N) is 1. The third-order valence-corrected chi connectivity index (χ3v) is 3.84. The van der Waals surface area contributed by atoms with Gasteiger partial charge in [0.05, 0.1) is 21.7 Å². The van der Waals surface area contributed by atoms with Crippen LogP contribution in [0.4, 0.5) is 30.2 Å². The molecule has 0 saturated carbocycles. The number of carbonyl (C=O) groups is 2. The average Bonchev–Trinajstić information content (AvgIpc) is 2.66. The number of carbonyl (C=O) groups excluding carboxylic acids is 2. The first-order valence-electron chi connectivity index (χ1n) is 8.19. The van der Waals surface area contributed by atoms with Crippen LogP contribution in [0.3, 0.4) is 0 Å². The summed E-state index contributed by atoms with van der Waals surface area (Å²) >= 11 is 0. The molecule has 0 fully saturated rings.